The highest BCUT2D eigenvalue weighted by molar-refractivity contribution is 9.10. The van der Waals surface area contributed by atoms with Crippen LogP contribution in [0.15, 0.2) is 16.6 Å². The maximum absolute atomic E-state index is 5.77. The highest BCUT2D eigenvalue weighted by Gasteiger charge is 2.11. The van der Waals surface area contributed by atoms with Gasteiger partial charge >= 0.3 is 0 Å². The minimum Gasteiger partial charge on any atom is -0.493 e. The van der Waals surface area contributed by atoms with Crippen molar-refractivity contribution in [1.82, 2.24) is 0 Å². The molecule has 0 aliphatic carbocycles. The molecule has 90 valence electrons. The number of methoxy groups -OCH3 is 2. The van der Waals surface area contributed by atoms with Gasteiger partial charge in [0.05, 0.1) is 18.2 Å². The predicted octanol–water partition coefficient (Wildman–Crippen LogP) is 3.22. The standard InChI is InChI=1S/C11H14BrClO3/c1-14-3-4-16-11-9(12)5-8(7-13)6-10(11)15-2/h5-6H,3-4,7H2,1-2H3. The molecule has 1 rings (SSSR count). The lowest BCUT2D eigenvalue weighted by atomic mass is 10.2. The van der Waals surface area contributed by atoms with E-state index in [1.54, 1.807) is 14.2 Å². The van der Waals surface area contributed by atoms with Crippen LogP contribution in [0.3, 0.4) is 0 Å². The molecule has 16 heavy (non-hydrogen) atoms. The van der Waals surface area contributed by atoms with Crippen LogP contribution < -0.4 is 9.47 Å². The zero-order valence-corrected chi connectivity index (χ0v) is 11.6. The van der Waals surface area contributed by atoms with Crippen molar-refractivity contribution in [3.63, 3.8) is 0 Å². The number of alkyl halides is 1. The molecule has 0 unspecified atom stereocenters. The first-order valence-electron chi connectivity index (χ1n) is 4.77. The summed E-state index contributed by atoms with van der Waals surface area (Å²) in [6.07, 6.45) is 0. The predicted molar refractivity (Wildman–Crippen MR) is 67.6 cm³/mol. The highest BCUT2D eigenvalue weighted by atomic mass is 79.9. The Morgan fingerprint density at radius 1 is 1.25 bits per heavy atom. The number of ether oxygens (including phenoxy) is 3. The van der Waals surface area contributed by atoms with Crippen molar-refractivity contribution in [2.45, 2.75) is 5.88 Å². The van der Waals surface area contributed by atoms with Crippen LogP contribution >= 0.6 is 27.5 Å². The van der Waals surface area contributed by atoms with E-state index in [4.69, 9.17) is 25.8 Å². The van der Waals surface area contributed by atoms with Gasteiger partial charge in [0, 0.05) is 13.0 Å². The molecule has 0 aliphatic heterocycles. The van der Waals surface area contributed by atoms with Gasteiger partial charge in [-0.05, 0) is 33.6 Å². The van der Waals surface area contributed by atoms with E-state index in [0.717, 1.165) is 10.0 Å². The van der Waals surface area contributed by atoms with E-state index in [1.807, 2.05) is 12.1 Å². The molecule has 0 saturated carbocycles. The lowest BCUT2D eigenvalue weighted by Crippen LogP contribution is -2.06. The third kappa shape index (κ3) is 3.54. The molecule has 1 aromatic carbocycles. The van der Waals surface area contributed by atoms with Gasteiger partial charge in [0.25, 0.3) is 0 Å². The van der Waals surface area contributed by atoms with Crippen molar-refractivity contribution in [3.05, 3.63) is 22.2 Å². The van der Waals surface area contributed by atoms with Gasteiger partial charge in [-0.25, -0.2) is 0 Å². The molecule has 3 nitrogen and oxygen atoms in total. The number of rotatable bonds is 6. The third-order valence-corrected chi connectivity index (χ3v) is 2.88. The molecule has 0 aliphatic rings. The van der Waals surface area contributed by atoms with E-state index in [0.29, 0.717) is 30.6 Å². The maximum Gasteiger partial charge on any atom is 0.175 e. The minimum absolute atomic E-state index is 0.438. The Hall–Kier alpha value is -0.450. The van der Waals surface area contributed by atoms with Gasteiger partial charge in [0.2, 0.25) is 0 Å². The van der Waals surface area contributed by atoms with Gasteiger partial charge < -0.3 is 14.2 Å². The molecule has 0 N–H and O–H groups in total. The first kappa shape index (κ1) is 13.6. The Morgan fingerprint density at radius 2 is 2.00 bits per heavy atom. The summed E-state index contributed by atoms with van der Waals surface area (Å²) in [5, 5.41) is 0. The van der Waals surface area contributed by atoms with Gasteiger partial charge in [-0.2, -0.15) is 0 Å². The van der Waals surface area contributed by atoms with Gasteiger partial charge in [0.1, 0.15) is 6.61 Å². The van der Waals surface area contributed by atoms with Crippen molar-refractivity contribution in [3.8, 4) is 11.5 Å². The maximum atomic E-state index is 5.77. The van der Waals surface area contributed by atoms with Crippen molar-refractivity contribution < 1.29 is 14.2 Å². The second-order valence-electron chi connectivity index (χ2n) is 3.08. The molecule has 1 aromatic rings. The first-order chi connectivity index (χ1) is 7.72. The molecular weight excluding hydrogens is 295 g/mol. The number of benzene rings is 1. The second-order valence-corrected chi connectivity index (χ2v) is 4.21. The minimum atomic E-state index is 0.438. The summed E-state index contributed by atoms with van der Waals surface area (Å²) in [5.41, 5.74) is 0.976. The summed E-state index contributed by atoms with van der Waals surface area (Å²) in [7, 11) is 3.23. The lowest BCUT2D eigenvalue weighted by molar-refractivity contribution is 0.143. The van der Waals surface area contributed by atoms with Crippen LogP contribution in [0, 0.1) is 0 Å². The van der Waals surface area contributed by atoms with Crippen molar-refractivity contribution in [2.24, 2.45) is 0 Å². The molecule has 0 saturated heterocycles. The summed E-state index contributed by atoms with van der Waals surface area (Å²) in [4.78, 5) is 0. The van der Waals surface area contributed by atoms with E-state index in [-0.39, 0.29) is 0 Å². The average molecular weight is 310 g/mol. The largest absolute Gasteiger partial charge is 0.493 e. The monoisotopic (exact) mass is 308 g/mol. The topological polar surface area (TPSA) is 27.7 Å². The van der Waals surface area contributed by atoms with E-state index < -0.39 is 0 Å². The zero-order valence-electron chi connectivity index (χ0n) is 9.26. The normalized spacial score (nSPS) is 10.2. The van der Waals surface area contributed by atoms with Crippen molar-refractivity contribution in [1.29, 1.82) is 0 Å². The van der Waals surface area contributed by atoms with Crippen LogP contribution in [-0.2, 0) is 10.6 Å². The summed E-state index contributed by atoms with van der Waals surface area (Å²) < 4.78 is 16.6. The Labute approximate surface area is 109 Å². The average Bonchev–Trinajstić information content (AvgIpc) is 2.30. The van der Waals surface area contributed by atoms with E-state index in [1.165, 1.54) is 0 Å². The number of hydrogen-bond acceptors (Lipinski definition) is 3. The van der Waals surface area contributed by atoms with Crippen LogP contribution in [0.4, 0.5) is 0 Å². The Morgan fingerprint density at radius 3 is 2.56 bits per heavy atom. The molecule has 0 atom stereocenters. The third-order valence-electron chi connectivity index (χ3n) is 1.98. The quantitative estimate of drug-likeness (QED) is 0.596. The van der Waals surface area contributed by atoms with Gasteiger partial charge in [0.15, 0.2) is 11.5 Å². The molecule has 0 heterocycles. The van der Waals surface area contributed by atoms with Crippen LogP contribution in [0.1, 0.15) is 5.56 Å². The fraction of sp³-hybridized carbons (Fsp3) is 0.455. The Bertz CT molecular complexity index is 344. The number of hydrogen-bond donors (Lipinski definition) is 0. The molecule has 0 radical (unpaired) electrons. The Balaban J connectivity index is 2.88. The summed E-state index contributed by atoms with van der Waals surface area (Å²) in [6.45, 7) is 1.01. The molecule has 0 amide bonds. The van der Waals surface area contributed by atoms with E-state index >= 15 is 0 Å². The van der Waals surface area contributed by atoms with Gasteiger partial charge in [-0.3, -0.25) is 0 Å². The fourth-order valence-corrected chi connectivity index (χ4v) is 1.98. The highest BCUT2D eigenvalue weighted by Crippen LogP contribution is 2.36. The van der Waals surface area contributed by atoms with E-state index in [9.17, 15) is 0 Å². The lowest BCUT2D eigenvalue weighted by Gasteiger charge is -2.13. The van der Waals surface area contributed by atoms with E-state index in [2.05, 4.69) is 15.9 Å². The molecule has 0 aromatic heterocycles. The number of halogens is 2. The molecule has 0 bridgehead atoms. The van der Waals surface area contributed by atoms with Crippen LogP contribution in [-0.4, -0.2) is 27.4 Å². The molecule has 0 spiro atoms. The molecule has 5 heteroatoms. The zero-order chi connectivity index (χ0) is 12.0. The first-order valence-corrected chi connectivity index (χ1v) is 6.09. The van der Waals surface area contributed by atoms with Crippen LogP contribution in [0.5, 0.6) is 11.5 Å². The van der Waals surface area contributed by atoms with Gasteiger partial charge in [-0.15, -0.1) is 11.6 Å². The van der Waals surface area contributed by atoms with Crippen LogP contribution in [0.25, 0.3) is 0 Å². The fourth-order valence-electron chi connectivity index (χ4n) is 1.22. The van der Waals surface area contributed by atoms with Crippen molar-refractivity contribution >= 4 is 27.5 Å². The SMILES string of the molecule is COCCOc1c(Br)cc(CCl)cc1OC. The summed E-state index contributed by atoms with van der Waals surface area (Å²) in [5.74, 6) is 1.78. The van der Waals surface area contributed by atoms with Crippen molar-refractivity contribution in [2.75, 3.05) is 27.4 Å². The second kappa shape index (κ2) is 6.99. The Kier molecular flexibility index (Phi) is 5.95. The summed E-state index contributed by atoms with van der Waals surface area (Å²) in [6, 6.07) is 3.78. The molecular formula is C11H14BrClO3. The molecule has 0 fully saturated rings. The summed E-state index contributed by atoms with van der Waals surface area (Å²) >= 11 is 9.20. The van der Waals surface area contributed by atoms with Crippen LogP contribution in [0.2, 0.25) is 0 Å². The smallest absolute Gasteiger partial charge is 0.175 e. The van der Waals surface area contributed by atoms with Gasteiger partial charge in [-0.1, -0.05) is 0 Å².